The van der Waals surface area contributed by atoms with E-state index in [0.717, 1.165) is 34.2 Å². The third-order valence-corrected chi connectivity index (χ3v) is 3.09. The Balaban J connectivity index is 2.64. The van der Waals surface area contributed by atoms with Gasteiger partial charge in [-0.2, -0.15) is 0 Å². The number of nitrogens with one attached hydrogen (secondary N) is 1. The second-order valence-corrected chi connectivity index (χ2v) is 4.99. The molecule has 2 aromatic heterocycles. The van der Waals surface area contributed by atoms with Gasteiger partial charge in [0.25, 0.3) is 0 Å². The van der Waals surface area contributed by atoms with Crippen LogP contribution in [-0.2, 0) is 0 Å². The standard InChI is InChI=1S/C15H20N4/c1-9(2)14-18-13(11(4)15(16-5)19-14)12-6-7-17-10(3)8-12/h6-9H,1-5H3,(H,16,18,19). The van der Waals surface area contributed by atoms with Gasteiger partial charge in [-0.15, -0.1) is 0 Å². The molecular weight excluding hydrogens is 236 g/mol. The van der Waals surface area contributed by atoms with Gasteiger partial charge in [0.1, 0.15) is 11.6 Å². The van der Waals surface area contributed by atoms with Gasteiger partial charge in [0.2, 0.25) is 0 Å². The predicted octanol–water partition coefficient (Wildman–Crippen LogP) is 3.32. The van der Waals surface area contributed by atoms with Crippen molar-refractivity contribution < 1.29 is 0 Å². The summed E-state index contributed by atoms with van der Waals surface area (Å²) in [6.45, 7) is 8.24. The summed E-state index contributed by atoms with van der Waals surface area (Å²) < 4.78 is 0. The van der Waals surface area contributed by atoms with Crippen LogP contribution in [0.3, 0.4) is 0 Å². The first kappa shape index (κ1) is 13.5. The summed E-state index contributed by atoms with van der Waals surface area (Å²) in [6.07, 6.45) is 1.82. The zero-order valence-electron chi connectivity index (χ0n) is 12.2. The lowest BCUT2D eigenvalue weighted by atomic mass is 10.1. The molecule has 0 unspecified atom stereocenters. The molecule has 0 spiro atoms. The topological polar surface area (TPSA) is 50.7 Å². The summed E-state index contributed by atoms with van der Waals surface area (Å²) in [5, 5.41) is 3.15. The highest BCUT2D eigenvalue weighted by Crippen LogP contribution is 2.27. The summed E-state index contributed by atoms with van der Waals surface area (Å²) in [5.74, 6) is 2.05. The van der Waals surface area contributed by atoms with Gasteiger partial charge in [0, 0.05) is 36.0 Å². The van der Waals surface area contributed by atoms with E-state index in [-0.39, 0.29) is 0 Å². The molecule has 0 saturated carbocycles. The lowest BCUT2D eigenvalue weighted by molar-refractivity contribution is 0.775. The molecule has 0 radical (unpaired) electrons. The number of aromatic nitrogens is 3. The molecule has 4 heteroatoms. The summed E-state index contributed by atoms with van der Waals surface area (Å²) in [6, 6.07) is 4.05. The predicted molar refractivity (Wildman–Crippen MR) is 78.4 cm³/mol. The van der Waals surface area contributed by atoms with E-state index >= 15 is 0 Å². The number of nitrogens with zero attached hydrogens (tertiary/aromatic N) is 3. The normalized spacial score (nSPS) is 10.8. The summed E-state index contributed by atoms with van der Waals surface area (Å²) in [7, 11) is 1.89. The van der Waals surface area contributed by atoms with Crippen molar-refractivity contribution in [3.05, 3.63) is 35.4 Å². The summed E-state index contributed by atoms with van der Waals surface area (Å²) in [5.41, 5.74) is 4.13. The largest absolute Gasteiger partial charge is 0.373 e. The van der Waals surface area contributed by atoms with Gasteiger partial charge in [-0.05, 0) is 26.0 Å². The molecule has 0 aliphatic rings. The molecule has 2 aromatic rings. The van der Waals surface area contributed by atoms with Crippen molar-refractivity contribution in [2.75, 3.05) is 12.4 Å². The van der Waals surface area contributed by atoms with E-state index in [2.05, 4.69) is 35.2 Å². The Morgan fingerprint density at radius 3 is 2.47 bits per heavy atom. The Kier molecular flexibility index (Phi) is 3.79. The average molecular weight is 256 g/mol. The maximum Gasteiger partial charge on any atom is 0.133 e. The lowest BCUT2D eigenvalue weighted by Gasteiger charge is -2.14. The minimum absolute atomic E-state index is 0.300. The van der Waals surface area contributed by atoms with E-state index < -0.39 is 0 Å². The Hall–Kier alpha value is -1.97. The van der Waals surface area contributed by atoms with Crippen molar-refractivity contribution in [3.8, 4) is 11.3 Å². The monoisotopic (exact) mass is 256 g/mol. The zero-order valence-corrected chi connectivity index (χ0v) is 12.2. The molecule has 0 aliphatic carbocycles. The molecule has 2 heterocycles. The van der Waals surface area contributed by atoms with Crippen LogP contribution >= 0.6 is 0 Å². The molecule has 0 atom stereocenters. The molecule has 0 amide bonds. The van der Waals surface area contributed by atoms with Crippen molar-refractivity contribution in [2.45, 2.75) is 33.6 Å². The molecule has 19 heavy (non-hydrogen) atoms. The molecule has 100 valence electrons. The fourth-order valence-electron chi connectivity index (χ4n) is 2.01. The number of hydrogen-bond acceptors (Lipinski definition) is 4. The summed E-state index contributed by atoms with van der Waals surface area (Å²) in [4.78, 5) is 13.5. The second kappa shape index (κ2) is 5.34. The first-order valence-corrected chi connectivity index (χ1v) is 6.52. The highest BCUT2D eigenvalue weighted by Gasteiger charge is 2.13. The smallest absolute Gasteiger partial charge is 0.133 e. The van der Waals surface area contributed by atoms with Crippen LogP contribution in [0.5, 0.6) is 0 Å². The lowest BCUT2D eigenvalue weighted by Crippen LogP contribution is -2.06. The molecule has 4 nitrogen and oxygen atoms in total. The molecule has 0 aromatic carbocycles. The van der Waals surface area contributed by atoms with Gasteiger partial charge in [-0.25, -0.2) is 9.97 Å². The van der Waals surface area contributed by atoms with Crippen LogP contribution in [0.2, 0.25) is 0 Å². The molecule has 2 rings (SSSR count). The fraction of sp³-hybridized carbons (Fsp3) is 0.400. The maximum atomic E-state index is 4.71. The third kappa shape index (κ3) is 2.72. The highest BCUT2D eigenvalue weighted by molar-refractivity contribution is 5.68. The van der Waals surface area contributed by atoms with Crippen LogP contribution in [0.4, 0.5) is 5.82 Å². The van der Waals surface area contributed by atoms with Crippen molar-refractivity contribution in [2.24, 2.45) is 0 Å². The van der Waals surface area contributed by atoms with Crippen LogP contribution < -0.4 is 5.32 Å². The van der Waals surface area contributed by atoms with E-state index in [0.29, 0.717) is 5.92 Å². The van der Waals surface area contributed by atoms with E-state index in [1.54, 1.807) is 0 Å². The Morgan fingerprint density at radius 1 is 1.16 bits per heavy atom. The number of rotatable bonds is 3. The zero-order chi connectivity index (χ0) is 14.0. The maximum absolute atomic E-state index is 4.71. The number of hydrogen-bond donors (Lipinski definition) is 1. The first-order chi connectivity index (χ1) is 9.02. The first-order valence-electron chi connectivity index (χ1n) is 6.52. The van der Waals surface area contributed by atoms with Crippen LogP contribution in [-0.4, -0.2) is 22.0 Å². The van der Waals surface area contributed by atoms with Crippen molar-refractivity contribution in [3.63, 3.8) is 0 Å². The minimum Gasteiger partial charge on any atom is -0.373 e. The van der Waals surface area contributed by atoms with Gasteiger partial charge in [0.05, 0.1) is 5.69 Å². The molecule has 0 fully saturated rings. The van der Waals surface area contributed by atoms with Crippen molar-refractivity contribution >= 4 is 5.82 Å². The van der Waals surface area contributed by atoms with Crippen LogP contribution in [0.1, 0.15) is 36.8 Å². The molecule has 1 N–H and O–H groups in total. The van der Waals surface area contributed by atoms with Crippen LogP contribution in [0.25, 0.3) is 11.3 Å². The molecule has 0 aliphatic heterocycles. The number of aryl methyl sites for hydroxylation is 1. The Labute approximate surface area is 114 Å². The van der Waals surface area contributed by atoms with Crippen LogP contribution in [0.15, 0.2) is 18.3 Å². The van der Waals surface area contributed by atoms with Gasteiger partial charge < -0.3 is 5.32 Å². The van der Waals surface area contributed by atoms with E-state index in [9.17, 15) is 0 Å². The SMILES string of the molecule is CNc1nc(C(C)C)nc(-c2ccnc(C)c2)c1C. The number of anilines is 1. The van der Waals surface area contributed by atoms with Crippen molar-refractivity contribution in [1.82, 2.24) is 15.0 Å². The fourth-order valence-corrected chi connectivity index (χ4v) is 2.01. The van der Waals surface area contributed by atoms with Crippen LogP contribution in [0, 0.1) is 13.8 Å². The second-order valence-electron chi connectivity index (χ2n) is 4.99. The van der Waals surface area contributed by atoms with E-state index in [4.69, 9.17) is 4.98 Å². The third-order valence-electron chi connectivity index (χ3n) is 3.09. The van der Waals surface area contributed by atoms with Gasteiger partial charge in [-0.1, -0.05) is 13.8 Å². The van der Waals surface area contributed by atoms with E-state index in [1.165, 1.54) is 0 Å². The number of pyridine rings is 1. The van der Waals surface area contributed by atoms with Gasteiger partial charge in [0.15, 0.2) is 0 Å². The Bertz CT molecular complexity index is 591. The Morgan fingerprint density at radius 2 is 1.89 bits per heavy atom. The quantitative estimate of drug-likeness (QED) is 0.915. The molecule has 0 bridgehead atoms. The van der Waals surface area contributed by atoms with E-state index in [1.807, 2.05) is 33.2 Å². The van der Waals surface area contributed by atoms with Gasteiger partial charge in [-0.3, -0.25) is 4.98 Å². The molecule has 0 saturated heterocycles. The van der Waals surface area contributed by atoms with Crippen molar-refractivity contribution in [1.29, 1.82) is 0 Å². The molecular formula is C15H20N4. The van der Waals surface area contributed by atoms with Gasteiger partial charge >= 0.3 is 0 Å². The average Bonchev–Trinajstić information content (AvgIpc) is 2.38. The minimum atomic E-state index is 0.300. The highest BCUT2D eigenvalue weighted by atomic mass is 15.0. The summed E-state index contributed by atoms with van der Waals surface area (Å²) >= 11 is 0.